The molecule has 23 heavy (non-hydrogen) atoms. The van der Waals surface area contributed by atoms with Gasteiger partial charge in [-0.25, -0.2) is 13.6 Å². The summed E-state index contributed by atoms with van der Waals surface area (Å²) >= 11 is 0. The highest BCUT2D eigenvalue weighted by Gasteiger charge is 2.32. The van der Waals surface area contributed by atoms with E-state index in [0.29, 0.717) is 13.1 Å². The topological polar surface area (TPSA) is 104 Å². The summed E-state index contributed by atoms with van der Waals surface area (Å²) in [6.45, 7) is 3.78. The standard InChI is InChI=1S/C15H23N3O4S/c1-2-17(7-8-19)13-3-5-14(6-4-13)18-10-12(9-15(18)20)11-23(16,21)22/h3-6,12,19H,2,7-11H2,1H3,(H2,16,21,22). The third kappa shape index (κ3) is 4.66. The Balaban J connectivity index is 2.09. The van der Waals surface area contributed by atoms with E-state index in [2.05, 4.69) is 0 Å². The Morgan fingerprint density at radius 3 is 2.52 bits per heavy atom. The Bertz CT molecular complexity index is 645. The first-order valence-corrected chi connectivity index (χ1v) is 9.32. The molecule has 7 nitrogen and oxygen atoms in total. The number of likely N-dealkylation sites (N-methyl/N-ethyl adjacent to an activating group) is 1. The van der Waals surface area contributed by atoms with Crippen molar-refractivity contribution in [3.05, 3.63) is 24.3 Å². The van der Waals surface area contributed by atoms with Crippen LogP contribution < -0.4 is 14.9 Å². The van der Waals surface area contributed by atoms with Gasteiger partial charge in [-0.05, 0) is 31.2 Å². The fourth-order valence-corrected chi connectivity index (χ4v) is 3.79. The molecule has 1 saturated heterocycles. The number of rotatable bonds is 7. The summed E-state index contributed by atoms with van der Waals surface area (Å²) < 4.78 is 22.3. The highest BCUT2D eigenvalue weighted by Crippen LogP contribution is 2.27. The predicted molar refractivity (Wildman–Crippen MR) is 89.8 cm³/mol. The number of anilines is 2. The fourth-order valence-electron chi connectivity index (χ4n) is 2.91. The van der Waals surface area contributed by atoms with E-state index in [4.69, 9.17) is 10.2 Å². The molecule has 1 aromatic rings. The molecule has 2 rings (SSSR count). The van der Waals surface area contributed by atoms with Gasteiger partial charge in [0.25, 0.3) is 0 Å². The minimum absolute atomic E-state index is 0.0788. The van der Waals surface area contributed by atoms with E-state index < -0.39 is 10.0 Å². The molecule has 0 aliphatic carbocycles. The maximum Gasteiger partial charge on any atom is 0.227 e. The molecule has 1 aliphatic rings. The second-order valence-corrected chi connectivity index (χ2v) is 7.38. The number of hydrogen-bond acceptors (Lipinski definition) is 5. The van der Waals surface area contributed by atoms with Crippen molar-refractivity contribution in [3.8, 4) is 0 Å². The van der Waals surface area contributed by atoms with Crippen molar-refractivity contribution in [2.75, 3.05) is 41.8 Å². The molecule has 128 valence electrons. The van der Waals surface area contributed by atoms with Crippen LogP contribution in [0.3, 0.4) is 0 Å². The molecule has 0 bridgehead atoms. The van der Waals surface area contributed by atoms with Gasteiger partial charge in [0.05, 0.1) is 12.4 Å². The van der Waals surface area contributed by atoms with Gasteiger partial charge < -0.3 is 14.9 Å². The van der Waals surface area contributed by atoms with E-state index in [0.717, 1.165) is 17.9 Å². The smallest absolute Gasteiger partial charge is 0.227 e. The van der Waals surface area contributed by atoms with Gasteiger partial charge in [-0.15, -0.1) is 0 Å². The highest BCUT2D eigenvalue weighted by atomic mass is 32.2. The summed E-state index contributed by atoms with van der Waals surface area (Å²) in [6.07, 6.45) is 0.198. The first-order chi connectivity index (χ1) is 10.8. The minimum Gasteiger partial charge on any atom is -0.395 e. The molecule has 1 fully saturated rings. The Morgan fingerprint density at radius 1 is 1.35 bits per heavy atom. The SMILES string of the molecule is CCN(CCO)c1ccc(N2CC(CS(N)(=O)=O)CC2=O)cc1. The average molecular weight is 341 g/mol. The van der Waals surface area contributed by atoms with E-state index >= 15 is 0 Å². The summed E-state index contributed by atoms with van der Waals surface area (Å²) in [5, 5.41) is 14.1. The number of carbonyl (C=O) groups excluding carboxylic acids is 1. The Labute approximate surface area is 136 Å². The molecule has 1 unspecified atom stereocenters. The maximum atomic E-state index is 12.1. The van der Waals surface area contributed by atoms with Gasteiger partial charge >= 0.3 is 0 Å². The van der Waals surface area contributed by atoms with Crippen LogP contribution in [0.15, 0.2) is 24.3 Å². The highest BCUT2D eigenvalue weighted by molar-refractivity contribution is 7.89. The lowest BCUT2D eigenvalue weighted by Gasteiger charge is -2.23. The average Bonchev–Trinajstić information content (AvgIpc) is 2.83. The molecule has 3 N–H and O–H groups in total. The zero-order valence-corrected chi connectivity index (χ0v) is 14.0. The van der Waals surface area contributed by atoms with Crippen LogP contribution >= 0.6 is 0 Å². The molecular formula is C15H23N3O4S. The Hall–Kier alpha value is -1.64. The lowest BCUT2D eigenvalue weighted by molar-refractivity contribution is -0.117. The predicted octanol–water partition coefficient (Wildman–Crippen LogP) is 0.147. The molecule has 0 saturated carbocycles. The molecule has 1 heterocycles. The number of benzene rings is 1. The number of primary sulfonamides is 1. The summed E-state index contributed by atoms with van der Waals surface area (Å²) in [6, 6.07) is 7.47. The molecule has 0 aromatic heterocycles. The van der Waals surface area contributed by atoms with Crippen molar-refractivity contribution >= 4 is 27.3 Å². The van der Waals surface area contributed by atoms with Crippen molar-refractivity contribution in [1.82, 2.24) is 0 Å². The van der Waals surface area contributed by atoms with E-state index in [1.54, 1.807) is 4.90 Å². The largest absolute Gasteiger partial charge is 0.395 e. The quantitative estimate of drug-likeness (QED) is 0.734. The van der Waals surface area contributed by atoms with Crippen LogP contribution in [0.5, 0.6) is 0 Å². The molecule has 0 spiro atoms. The van der Waals surface area contributed by atoms with Gasteiger partial charge in [0.2, 0.25) is 15.9 Å². The van der Waals surface area contributed by atoms with Crippen LogP contribution in [0.1, 0.15) is 13.3 Å². The number of nitrogens with zero attached hydrogens (tertiary/aromatic N) is 2. The zero-order valence-electron chi connectivity index (χ0n) is 13.2. The van der Waals surface area contributed by atoms with Crippen LogP contribution in [-0.4, -0.2) is 51.4 Å². The second kappa shape index (κ2) is 7.29. The number of carbonyl (C=O) groups is 1. The molecule has 1 amide bonds. The van der Waals surface area contributed by atoms with E-state index in [1.807, 2.05) is 36.1 Å². The van der Waals surface area contributed by atoms with Crippen LogP contribution in [0.25, 0.3) is 0 Å². The first-order valence-electron chi connectivity index (χ1n) is 7.60. The number of sulfonamides is 1. The summed E-state index contributed by atoms with van der Waals surface area (Å²) in [5.41, 5.74) is 1.72. The van der Waals surface area contributed by atoms with Crippen LogP contribution in [0.2, 0.25) is 0 Å². The second-order valence-electron chi connectivity index (χ2n) is 5.72. The number of hydrogen-bond donors (Lipinski definition) is 2. The molecule has 1 aliphatic heterocycles. The van der Waals surface area contributed by atoms with E-state index in [1.165, 1.54) is 0 Å². The lowest BCUT2D eigenvalue weighted by atomic mass is 10.1. The van der Waals surface area contributed by atoms with Gasteiger partial charge in [0.1, 0.15) is 0 Å². The van der Waals surface area contributed by atoms with E-state index in [9.17, 15) is 13.2 Å². The van der Waals surface area contributed by atoms with Crippen LogP contribution in [-0.2, 0) is 14.8 Å². The van der Waals surface area contributed by atoms with Gasteiger partial charge in [-0.3, -0.25) is 4.79 Å². The monoisotopic (exact) mass is 341 g/mol. The van der Waals surface area contributed by atoms with Crippen molar-refractivity contribution in [2.45, 2.75) is 13.3 Å². The van der Waals surface area contributed by atoms with Gasteiger partial charge in [-0.2, -0.15) is 0 Å². The normalized spacial score (nSPS) is 18.5. The Morgan fingerprint density at radius 2 is 2.00 bits per heavy atom. The third-order valence-corrected chi connectivity index (χ3v) is 4.89. The summed E-state index contributed by atoms with van der Waals surface area (Å²) in [4.78, 5) is 15.7. The number of amides is 1. The van der Waals surface area contributed by atoms with Crippen LogP contribution in [0.4, 0.5) is 11.4 Å². The molecule has 0 radical (unpaired) electrons. The Kier molecular flexibility index (Phi) is 5.61. The number of aliphatic hydroxyl groups excluding tert-OH is 1. The van der Waals surface area contributed by atoms with Crippen molar-refractivity contribution < 1.29 is 18.3 Å². The van der Waals surface area contributed by atoms with Crippen LogP contribution in [0, 0.1) is 5.92 Å². The van der Waals surface area contributed by atoms with Gasteiger partial charge in [-0.1, -0.05) is 0 Å². The van der Waals surface area contributed by atoms with Gasteiger partial charge in [0, 0.05) is 43.3 Å². The first kappa shape index (κ1) is 17.7. The number of aliphatic hydroxyl groups is 1. The fraction of sp³-hybridized carbons (Fsp3) is 0.533. The van der Waals surface area contributed by atoms with Crippen molar-refractivity contribution in [1.29, 1.82) is 0 Å². The minimum atomic E-state index is -3.57. The summed E-state index contributed by atoms with van der Waals surface area (Å²) in [5.74, 6) is -0.527. The summed E-state index contributed by atoms with van der Waals surface area (Å²) in [7, 11) is -3.57. The van der Waals surface area contributed by atoms with E-state index in [-0.39, 0.29) is 30.6 Å². The lowest BCUT2D eigenvalue weighted by Crippen LogP contribution is -2.28. The molecular weight excluding hydrogens is 318 g/mol. The number of nitrogens with two attached hydrogens (primary N) is 1. The van der Waals surface area contributed by atoms with Crippen molar-refractivity contribution in [3.63, 3.8) is 0 Å². The molecule has 8 heteroatoms. The maximum absolute atomic E-state index is 12.1. The molecule has 1 atom stereocenters. The zero-order chi connectivity index (χ0) is 17.0. The van der Waals surface area contributed by atoms with Crippen molar-refractivity contribution in [2.24, 2.45) is 11.1 Å². The van der Waals surface area contributed by atoms with Gasteiger partial charge in [0.15, 0.2) is 0 Å². The third-order valence-electron chi connectivity index (χ3n) is 3.95. The molecule has 1 aromatic carbocycles.